The number of hydrogen-bond acceptors (Lipinski definition) is 2. The maximum atomic E-state index is 6.69. The first-order chi connectivity index (χ1) is 25.0. The van der Waals surface area contributed by atoms with Crippen LogP contribution in [0.15, 0.2) is 146 Å². The van der Waals surface area contributed by atoms with Gasteiger partial charge in [0, 0.05) is 42.8 Å². The first-order valence-electron chi connectivity index (χ1n) is 15.8. The van der Waals surface area contributed by atoms with E-state index in [0.29, 0.717) is 51.6 Å². The van der Waals surface area contributed by atoms with E-state index < -0.39 is 0 Å². The van der Waals surface area contributed by atoms with Crippen LogP contribution in [-0.2, 0) is 0 Å². The zero-order valence-electron chi connectivity index (χ0n) is 26.8. The van der Waals surface area contributed by atoms with Gasteiger partial charge in [-0.3, -0.25) is 0 Å². The van der Waals surface area contributed by atoms with Gasteiger partial charge in [0.2, 0.25) is 0 Å². The Kier molecular flexibility index (Phi) is 11.2. The zero-order valence-corrected chi connectivity index (χ0v) is 32.8. The van der Waals surface area contributed by atoms with Crippen molar-refractivity contribution in [3.8, 4) is 22.3 Å². The van der Waals surface area contributed by atoms with Crippen molar-refractivity contribution in [1.82, 2.24) is 0 Å². The predicted molar refractivity (Wildman–Crippen MR) is 227 cm³/mol. The second-order valence-corrected chi connectivity index (χ2v) is 15.1. The molecule has 0 amide bonds. The molecular weight excluding hydrogens is 816 g/mol. The molecule has 0 atom stereocenters. The third-order valence-corrected chi connectivity index (χ3v) is 10.4. The van der Waals surface area contributed by atoms with Crippen LogP contribution in [-0.4, -0.2) is 0 Å². The van der Waals surface area contributed by atoms with E-state index in [1.807, 2.05) is 70.5 Å². The molecule has 0 aromatic heterocycles. The number of benzene rings is 7. The second kappa shape index (κ2) is 15.8. The van der Waals surface area contributed by atoms with E-state index in [1.165, 1.54) is 0 Å². The van der Waals surface area contributed by atoms with Gasteiger partial charge in [0.05, 0.1) is 31.5 Å². The molecule has 0 saturated carbocycles. The highest BCUT2D eigenvalue weighted by Gasteiger charge is 2.23. The third kappa shape index (κ3) is 7.87. The fraction of sp³-hybridized carbons (Fsp3) is 0. The van der Waals surface area contributed by atoms with Gasteiger partial charge >= 0.3 is 0 Å². The number of halogens is 8. The fourth-order valence-electron chi connectivity index (χ4n) is 6.02. The van der Waals surface area contributed by atoms with Gasteiger partial charge in [-0.2, -0.15) is 0 Å². The summed E-state index contributed by atoms with van der Waals surface area (Å²) in [7, 11) is 0. The number of nitrogens with zero attached hydrogens (tertiary/aromatic N) is 2. The van der Waals surface area contributed by atoms with Crippen LogP contribution in [0.3, 0.4) is 0 Å². The molecule has 7 rings (SSSR count). The lowest BCUT2D eigenvalue weighted by Crippen LogP contribution is -2.12. The summed E-state index contributed by atoms with van der Waals surface area (Å²) < 4.78 is 0. The van der Waals surface area contributed by atoms with Crippen LogP contribution in [0.4, 0.5) is 34.1 Å². The highest BCUT2D eigenvalue weighted by Crippen LogP contribution is 2.48. The molecule has 0 N–H and O–H groups in total. The largest absolute Gasteiger partial charge is 0.310 e. The average Bonchev–Trinajstić information content (AvgIpc) is 3.11. The van der Waals surface area contributed by atoms with E-state index in [9.17, 15) is 0 Å². The third-order valence-electron chi connectivity index (χ3n) is 8.34. The van der Waals surface area contributed by atoms with Crippen molar-refractivity contribution in [3.05, 3.63) is 186 Å². The van der Waals surface area contributed by atoms with Crippen molar-refractivity contribution in [2.45, 2.75) is 0 Å². The van der Waals surface area contributed by atoms with Crippen molar-refractivity contribution in [3.63, 3.8) is 0 Å². The Labute approximate surface area is 342 Å². The van der Waals surface area contributed by atoms with Crippen LogP contribution in [0, 0.1) is 0 Å². The van der Waals surface area contributed by atoms with Gasteiger partial charge in [0.15, 0.2) is 0 Å². The van der Waals surface area contributed by atoms with Crippen LogP contribution in [0.25, 0.3) is 22.3 Å². The minimum absolute atomic E-state index is 0.464. The van der Waals surface area contributed by atoms with Gasteiger partial charge in [0.1, 0.15) is 0 Å². The van der Waals surface area contributed by atoms with E-state index in [1.54, 1.807) is 48.5 Å². The minimum Gasteiger partial charge on any atom is -0.310 e. The van der Waals surface area contributed by atoms with E-state index in [0.717, 1.165) is 45.0 Å². The molecule has 0 aliphatic rings. The molecule has 7 aromatic carbocycles. The molecule has 10 heteroatoms. The summed E-state index contributed by atoms with van der Waals surface area (Å²) in [5, 5.41) is 3.91. The zero-order chi connectivity index (χ0) is 36.5. The Morgan fingerprint density at radius 3 is 0.846 bits per heavy atom. The second-order valence-electron chi connectivity index (χ2n) is 11.7. The Bertz CT molecular complexity index is 2210. The molecule has 7 aromatic rings. The first kappa shape index (κ1) is 36.8. The maximum Gasteiger partial charge on any atom is 0.0836 e. The number of rotatable bonds is 8. The predicted octanol–water partition coefficient (Wildman–Crippen LogP) is 17.2. The molecule has 52 heavy (non-hydrogen) atoms. The first-order valence-corrected chi connectivity index (χ1v) is 18.8. The summed E-state index contributed by atoms with van der Waals surface area (Å²) in [6, 6.07) is 46.2. The molecule has 0 spiro atoms. The number of hydrogen-bond donors (Lipinski definition) is 0. The van der Waals surface area contributed by atoms with E-state index in [4.69, 9.17) is 92.8 Å². The van der Waals surface area contributed by atoms with Gasteiger partial charge in [-0.1, -0.05) is 153 Å². The SMILES string of the molecule is Clc1cc(Cl)cc(N(c2ccc(-c3ccc(-c4ccc(N(c5c(Cl)cccc5Cl)c5c(Cl)cccc5Cl)cc4)cc3)cc2)c2cc(Cl)cc(Cl)c2)c1. The Balaban J connectivity index is 1.18. The van der Waals surface area contributed by atoms with Gasteiger partial charge in [-0.15, -0.1) is 0 Å². The molecule has 258 valence electrons. The van der Waals surface area contributed by atoms with Crippen molar-refractivity contribution < 1.29 is 0 Å². The molecule has 0 fully saturated rings. The molecule has 0 heterocycles. The molecule has 0 aliphatic carbocycles. The van der Waals surface area contributed by atoms with Crippen LogP contribution in [0.1, 0.15) is 0 Å². The summed E-state index contributed by atoms with van der Waals surface area (Å²) in [5.74, 6) is 0. The molecule has 2 nitrogen and oxygen atoms in total. The van der Waals surface area contributed by atoms with Gasteiger partial charge in [0.25, 0.3) is 0 Å². The van der Waals surface area contributed by atoms with Gasteiger partial charge < -0.3 is 9.80 Å². The van der Waals surface area contributed by atoms with Gasteiger partial charge in [-0.25, -0.2) is 0 Å². The molecule has 0 bridgehead atoms. The van der Waals surface area contributed by atoms with Crippen LogP contribution < -0.4 is 9.80 Å². The molecule has 0 aliphatic heterocycles. The smallest absolute Gasteiger partial charge is 0.0836 e. The molecular formula is C42H24Cl8N2. The summed E-state index contributed by atoms with van der Waals surface area (Å²) in [5.41, 5.74) is 8.55. The standard InChI is InChI=1S/C42H24Cl8N2/c43-29-19-30(44)22-35(21-29)51(36-23-31(45)20-32(46)24-36)33-15-11-27(12-16-33)25-7-9-26(10-8-25)28-13-17-34(18-14-28)52(41-37(47)3-1-4-38(41)48)42-39(49)5-2-6-40(42)50/h1-24H. The Hall–Kier alpha value is -3.54. The average molecular weight is 840 g/mol. The lowest BCUT2D eigenvalue weighted by atomic mass is 9.99. The fourth-order valence-corrected chi connectivity index (χ4v) is 8.18. The van der Waals surface area contributed by atoms with Crippen LogP contribution in [0.2, 0.25) is 40.2 Å². The van der Waals surface area contributed by atoms with Crippen molar-refractivity contribution >= 4 is 127 Å². The summed E-state index contributed by atoms with van der Waals surface area (Å²) in [6.45, 7) is 0. The summed E-state index contributed by atoms with van der Waals surface area (Å²) in [6.07, 6.45) is 0. The van der Waals surface area contributed by atoms with Crippen LogP contribution in [0.5, 0.6) is 0 Å². The lowest BCUT2D eigenvalue weighted by Gasteiger charge is -2.29. The molecule has 0 saturated heterocycles. The molecule has 0 radical (unpaired) electrons. The Morgan fingerprint density at radius 1 is 0.269 bits per heavy atom. The number of anilines is 6. The van der Waals surface area contributed by atoms with Gasteiger partial charge in [-0.05, 0) is 107 Å². The maximum absolute atomic E-state index is 6.69. The highest BCUT2D eigenvalue weighted by molar-refractivity contribution is 6.42. The summed E-state index contributed by atoms with van der Waals surface area (Å²) in [4.78, 5) is 3.89. The van der Waals surface area contributed by atoms with E-state index in [-0.39, 0.29) is 0 Å². The quantitative estimate of drug-likeness (QED) is 0.150. The topological polar surface area (TPSA) is 6.48 Å². The van der Waals surface area contributed by atoms with E-state index >= 15 is 0 Å². The number of para-hydroxylation sites is 2. The van der Waals surface area contributed by atoms with Crippen molar-refractivity contribution in [1.29, 1.82) is 0 Å². The molecule has 0 unspecified atom stereocenters. The monoisotopic (exact) mass is 836 g/mol. The van der Waals surface area contributed by atoms with Crippen LogP contribution >= 0.6 is 92.8 Å². The highest BCUT2D eigenvalue weighted by atomic mass is 35.5. The van der Waals surface area contributed by atoms with Crippen molar-refractivity contribution in [2.75, 3.05) is 9.80 Å². The lowest BCUT2D eigenvalue weighted by molar-refractivity contribution is 1.28. The van der Waals surface area contributed by atoms with Crippen molar-refractivity contribution in [2.24, 2.45) is 0 Å². The summed E-state index contributed by atoms with van der Waals surface area (Å²) >= 11 is 52.4. The van der Waals surface area contributed by atoms with E-state index in [2.05, 4.69) is 36.4 Å². The normalized spacial score (nSPS) is 11.1. The minimum atomic E-state index is 0.464. The Morgan fingerprint density at radius 2 is 0.538 bits per heavy atom.